The van der Waals surface area contributed by atoms with Crippen molar-refractivity contribution in [3.05, 3.63) is 68.6 Å². The van der Waals surface area contributed by atoms with E-state index >= 15 is 0 Å². The maximum absolute atomic E-state index is 12.6. The summed E-state index contributed by atoms with van der Waals surface area (Å²) < 4.78 is 2.19. The number of amides is 2. The molecule has 1 aliphatic heterocycles. The molecule has 2 aromatic carbocycles. The molecule has 0 saturated carbocycles. The standard InChI is InChI=1S/C18H11IN2O2S/c19-12-5-7-13(8-6-12)21-18(23)15(17(22)20-21)10-14-9-11-3-1-2-4-16(11)24-14/h1-10H,(H,20,22)/b15-10-. The molecule has 4 rings (SSSR count). The van der Waals surface area contributed by atoms with Crippen LogP contribution in [-0.2, 0) is 9.59 Å². The monoisotopic (exact) mass is 446 g/mol. The molecule has 0 radical (unpaired) electrons. The van der Waals surface area contributed by atoms with E-state index in [4.69, 9.17) is 0 Å². The molecule has 0 atom stereocenters. The van der Waals surface area contributed by atoms with Crippen LogP contribution in [0.1, 0.15) is 4.88 Å². The highest BCUT2D eigenvalue weighted by atomic mass is 127. The summed E-state index contributed by atoms with van der Waals surface area (Å²) >= 11 is 3.75. The molecule has 1 saturated heterocycles. The number of carbonyl (C=O) groups excluding carboxylic acids is 2. The molecule has 2 amide bonds. The number of nitrogens with one attached hydrogen (secondary N) is 1. The average Bonchev–Trinajstić information content (AvgIpc) is 3.11. The number of halogens is 1. The van der Waals surface area contributed by atoms with Gasteiger partial charge in [0.05, 0.1) is 5.69 Å². The van der Waals surface area contributed by atoms with Crippen LogP contribution in [0.2, 0.25) is 0 Å². The van der Waals surface area contributed by atoms with Crippen LogP contribution in [0.4, 0.5) is 5.69 Å². The fourth-order valence-corrected chi connectivity index (χ4v) is 3.91. The van der Waals surface area contributed by atoms with Gasteiger partial charge in [0.25, 0.3) is 11.8 Å². The van der Waals surface area contributed by atoms with Crippen molar-refractivity contribution in [2.75, 3.05) is 5.01 Å². The van der Waals surface area contributed by atoms with Gasteiger partial charge in [-0.05, 0) is 70.5 Å². The number of hydrogen-bond acceptors (Lipinski definition) is 3. The summed E-state index contributed by atoms with van der Waals surface area (Å²) in [6.45, 7) is 0. The molecule has 2 heterocycles. The number of hydrazine groups is 1. The van der Waals surface area contributed by atoms with Crippen LogP contribution >= 0.6 is 33.9 Å². The minimum Gasteiger partial charge on any atom is -0.267 e. The van der Waals surface area contributed by atoms with E-state index < -0.39 is 0 Å². The molecule has 1 aliphatic rings. The van der Waals surface area contributed by atoms with Crippen molar-refractivity contribution in [3.8, 4) is 0 Å². The van der Waals surface area contributed by atoms with Gasteiger partial charge in [-0.25, -0.2) is 5.01 Å². The second kappa shape index (κ2) is 6.03. The fourth-order valence-electron chi connectivity index (χ4n) is 2.55. The SMILES string of the molecule is O=C1NN(c2ccc(I)cc2)C(=O)/C1=C\c1cc2ccccc2s1. The van der Waals surface area contributed by atoms with Crippen molar-refractivity contribution in [1.82, 2.24) is 5.43 Å². The second-order valence-electron chi connectivity index (χ2n) is 5.30. The molecule has 1 N–H and O–H groups in total. The van der Waals surface area contributed by atoms with E-state index in [1.165, 1.54) is 5.01 Å². The van der Waals surface area contributed by atoms with Crippen LogP contribution in [0, 0.1) is 3.57 Å². The molecule has 0 unspecified atom stereocenters. The van der Waals surface area contributed by atoms with Gasteiger partial charge in [0.15, 0.2) is 0 Å². The Labute approximate surface area is 155 Å². The number of rotatable bonds is 2. The zero-order chi connectivity index (χ0) is 16.7. The molecule has 0 bridgehead atoms. The molecule has 4 nitrogen and oxygen atoms in total. The smallest absolute Gasteiger partial charge is 0.267 e. The predicted octanol–water partition coefficient (Wildman–Crippen LogP) is 3.97. The second-order valence-corrected chi connectivity index (χ2v) is 7.66. The molecule has 1 fully saturated rings. The van der Waals surface area contributed by atoms with Crippen molar-refractivity contribution in [3.63, 3.8) is 0 Å². The molecule has 24 heavy (non-hydrogen) atoms. The normalized spacial score (nSPS) is 16.2. The molecular weight excluding hydrogens is 435 g/mol. The van der Waals surface area contributed by atoms with Crippen molar-refractivity contribution >= 4 is 67.6 Å². The first kappa shape index (κ1) is 15.3. The summed E-state index contributed by atoms with van der Waals surface area (Å²) in [5, 5.41) is 2.40. The van der Waals surface area contributed by atoms with E-state index in [1.54, 1.807) is 17.4 Å². The van der Waals surface area contributed by atoms with E-state index in [0.29, 0.717) is 5.69 Å². The summed E-state index contributed by atoms with van der Waals surface area (Å²) in [5.41, 5.74) is 3.42. The Morgan fingerprint density at radius 1 is 1.04 bits per heavy atom. The molecule has 118 valence electrons. The van der Waals surface area contributed by atoms with Crippen LogP contribution in [-0.4, -0.2) is 11.8 Å². The minimum absolute atomic E-state index is 0.153. The van der Waals surface area contributed by atoms with Crippen LogP contribution in [0.3, 0.4) is 0 Å². The lowest BCUT2D eigenvalue weighted by Crippen LogP contribution is -2.35. The molecule has 0 spiro atoms. The number of nitrogens with zero attached hydrogens (tertiary/aromatic N) is 1. The molecule has 3 aromatic rings. The third-order valence-electron chi connectivity index (χ3n) is 3.71. The van der Waals surface area contributed by atoms with E-state index in [0.717, 1.165) is 18.5 Å². The van der Waals surface area contributed by atoms with Crippen molar-refractivity contribution in [2.45, 2.75) is 0 Å². The van der Waals surface area contributed by atoms with Crippen molar-refractivity contribution in [2.24, 2.45) is 0 Å². The van der Waals surface area contributed by atoms with Gasteiger partial charge in [-0.3, -0.25) is 15.0 Å². The van der Waals surface area contributed by atoms with Gasteiger partial charge in [-0.15, -0.1) is 11.3 Å². The van der Waals surface area contributed by atoms with Crippen LogP contribution in [0.5, 0.6) is 0 Å². The lowest BCUT2D eigenvalue weighted by Gasteiger charge is -2.14. The minimum atomic E-state index is -0.379. The Hall–Kier alpha value is -2.19. The highest BCUT2D eigenvalue weighted by molar-refractivity contribution is 14.1. The van der Waals surface area contributed by atoms with Crippen LogP contribution < -0.4 is 10.4 Å². The van der Waals surface area contributed by atoms with Crippen molar-refractivity contribution < 1.29 is 9.59 Å². The predicted molar refractivity (Wildman–Crippen MR) is 105 cm³/mol. The third kappa shape index (κ3) is 2.71. The largest absolute Gasteiger partial charge is 0.282 e. The van der Waals surface area contributed by atoms with Gasteiger partial charge in [-0.2, -0.15) is 0 Å². The summed E-state index contributed by atoms with van der Waals surface area (Å²) in [4.78, 5) is 25.7. The first-order chi connectivity index (χ1) is 11.6. The van der Waals surface area contributed by atoms with E-state index in [1.807, 2.05) is 54.6 Å². The number of anilines is 1. The molecule has 0 aliphatic carbocycles. The Kier molecular flexibility index (Phi) is 3.85. The summed E-state index contributed by atoms with van der Waals surface area (Å²) in [5.74, 6) is -0.713. The van der Waals surface area contributed by atoms with E-state index in [9.17, 15) is 9.59 Å². The lowest BCUT2D eigenvalue weighted by molar-refractivity contribution is -0.117. The fraction of sp³-hybridized carbons (Fsp3) is 0. The Bertz CT molecular complexity index is 959. The van der Waals surface area contributed by atoms with Crippen LogP contribution in [0.15, 0.2) is 60.2 Å². The quantitative estimate of drug-likeness (QED) is 0.368. The maximum atomic E-state index is 12.6. The Morgan fingerprint density at radius 3 is 2.54 bits per heavy atom. The first-order valence-corrected chi connectivity index (χ1v) is 9.12. The summed E-state index contributed by atoms with van der Waals surface area (Å²) in [6.07, 6.45) is 1.66. The Balaban J connectivity index is 1.69. The molecule has 1 aromatic heterocycles. The number of fused-ring (bicyclic) bond motifs is 1. The highest BCUT2D eigenvalue weighted by Gasteiger charge is 2.34. The van der Waals surface area contributed by atoms with Gasteiger partial charge < -0.3 is 0 Å². The number of thiophene rings is 1. The lowest BCUT2D eigenvalue weighted by atomic mass is 10.2. The Morgan fingerprint density at radius 2 is 1.79 bits per heavy atom. The topological polar surface area (TPSA) is 49.4 Å². The van der Waals surface area contributed by atoms with Gasteiger partial charge >= 0.3 is 0 Å². The molecule has 6 heteroatoms. The highest BCUT2D eigenvalue weighted by Crippen LogP contribution is 2.29. The van der Waals surface area contributed by atoms with Crippen molar-refractivity contribution in [1.29, 1.82) is 0 Å². The zero-order valence-electron chi connectivity index (χ0n) is 12.3. The third-order valence-corrected chi connectivity index (χ3v) is 5.49. The maximum Gasteiger partial charge on any atom is 0.282 e. The number of hydrogen-bond donors (Lipinski definition) is 1. The van der Waals surface area contributed by atoms with E-state index in [-0.39, 0.29) is 17.4 Å². The number of benzene rings is 2. The van der Waals surface area contributed by atoms with Gasteiger partial charge in [-0.1, -0.05) is 18.2 Å². The summed E-state index contributed by atoms with van der Waals surface area (Å²) in [6, 6.07) is 17.4. The zero-order valence-corrected chi connectivity index (χ0v) is 15.3. The summed E-state index contributed by atoms with van der Waals surface area (Å²) in [7, 11) is 0. The van der Waals surface area contributed by atoms with Gasteiger partial charge in [0.1, 0.15) is 5.57 Å². The van der Waals surface area contributed by atoms with E-state index in [2.05, 4.69) is 28.0 Å². The average molecular weight is 446 g/mol. The first-order valence-electron chi connectivity index (χ1n) is 7.23. The van der Waals surface area contributed by atoms with Gasteiger partial charge in [0.2, 0.25) is 0 Å². The van der Waals surface area contributed by atoms with Gasteiger partial charge in [0, 0.05) is 13.1 Å². The number of carbonyl (C=O) groups is 2. The van der Waals surface area contributed by atoms with Crippen LogP contribution in [0.25, 0.3) is 16.2 Å². The molecular formula is C18H11IN2O2S.